The second-order valence-corrected chi connectivity index (χ2v) is 4.31. The summed E-state index contributed by atoms with van der Waals surface area (Å²) in [7, 11) is 0. The van der Waals surface area contributed by atoms with Gasteiger partial charge in [-0.15, -0.1) is 0 Å². The van der Waals surface area contributed by atoms with Crippen molar-refractivity contribution in [1.82, 2.24) is 0 Å². The molecule has 0 spiro atoms. The van der Waals surface area contributed by atoms with Crippen LogP contribution in [-0.4, -0.2) is 32.5 Å². The van der Waals surface area contributed by atoms with Gasteiger partial charge < -0.3 is 14.2 Å². The average molecular weight is 265 g/mol. The van der Waals surface area contributed by atoms with E-state index in [1.54, 1.807) is 12.1 Å². The van der Waals surface area contributed by atoms with Gasteiger partial charge in [0.2, 0.25) is 0 Å². The summed E-state index contributed by atoms with van der Waals surface area (Å²) in [6, 6.07) is 5.94. The van der Waals surface area contributed by atoms with Gasteiger partial charge in [-0.2, -0.15) is 5.26 Å². The van der Waals surface area contributed by atoms with E-state index in [2.05, 4.69) is 0 Å². The summed E-state index contributed by atoms with van der Waals surface area (Å²) in [4.78, 5) is 0. The lowest BCUT2D eigenvalue weighted by Crippen LogP contribution is -2.17. The van der Waals surface area contributed by atoms with Crippen molar-refractivity contribution in [2.24, 2.45) is 0 Å². The first-order chi connectivity index (χ1) is 9.29. The van der Waals surface area contributed by atoms with E-state index in [1.807, 2.05) is 0 Å². The summed E-state index contributed by atoms with van der Waals surface area (Å²) in [6.07, 6.45) is 2.34. The maximum Gasteiger partial charge on any atom is 0.144 e. The topological polar surface area (TPSA) is 51.5 Å². The van der Waals surface area contributed by atoms with Gasteiger partial charge in [-0.05, 0) is 25.0 Å². The molecule has 0 aromatic heterocycles. The first-order valence-electron chi connectivity index (χ1n) is 6.31. The van der Waals surface area contributed by atoms with E-state index in [9.17, 15) is 4.39 Å². The van der Waals surface area contributed by atoms with E-state index >= 15 is 0 Å². The maximum absolute atomic E-state index is 13.3. The van der Waals surface area contributed by atoms with Crippen LogP contribution >= 0.6 is 0 Å². The summed E-state index contributed by atoms with van der Waals surface area (Å²) in [5.74, 6) is -0.169. The molecule has 1 aromatic carbocycles. The van der Waals surface area contributed by atoms with Crippen molar-refractivity contribution < 1.29 is 18.6 Å². The lowest BCUT2D eigenvalue weighted by molar-refractivity contribution is 0.00851. The van der Waals surface area contributed by atoms with Crippen LogP contribution in [0.5, 0.6) is 5.75 Å². The number of nitriles is 1. The molecular weight excluding hydrogens is 249 g/mol. The minimum atomic E-state index is -0.569. The van der Waals surface area contributed by atoms with E-state index in [4.69, 9.17) is 19.5 Å². The monoisotopic (exact) mass is 265 g/mol. The Morgan fingerprint density at radius 3 is 3.00 bits per heavy atom. The molecule has 1 unspecified atom stereocenters. The zero-order chi connectivity index (χ0) is 13.5. The third-order valence-corrected chi connectivity index (χ3v) is 2.89. The van der Waals surface area contributed by atoms with Crippen LogP contribution in [0.25, 0.3) is 0 Å². The van der Waals surface area contributed by atoms with Gasteiger partial charge in [0.05, 0.1) is 24.9 Å². The van der Waals surface area contributed by atoms with E-state index in [-0.39, 0.29) is 11.7 Å². The third kappa shape index (κ3) is 4.19. The summed E-state index contributed by atoms with van der Waals surface area (Å²) >= 11 is 0. The highest BCUT2D eigenvalue weighted by Gasteiger charge is 2.14. The number of benzene rings is 1. The van der Waals surface area contributed by atoms with Crippen LogP contribution in [0.2, 0.25) is 0 Å². The number of ether oxygens (including phenoxy) is 3. The highest BCUT2D eigenvalue weighted by molar-refractivity contribution is 5.36. The Balaban J connectivity index is 1.65. The van der Waals surface area contributed by atoms with Crippen LogP contribution in [0.4, 0.5) is 4.39 Å². The molecule has 0 bridgehead atoms. The third-order valence-electron chi connectivity index (χ3n) is 2.89. The largest absolute Gasteiger partial charge is 0.491 e. The van der Waals surface area contributed by atoms with Gasteiger partial charge in [-0.3, -0.25) is 0 Å². The zero-order valence-corrected chi connectivity index (χ0v) is 10.6. The SMILES string of the molecule is N#Cc1ccc(OCCOCC2CCCO2)cc1F. The van der Waals surface area contributed by atoms with Gasteiger partial charge >= 0.3 is 0 Å². The normalized spacial score (nSPS) is 18.2. The van der Waals surface area contributed by atoms with Gasteiger partial charge in [0, 0.05) is 12.7 Å². The Labute approximate surface area is 111 Å². The molecule has 0 N–H and O–H groups in total. The van der Waals surface area contributed by atoms with E-state index in [1.165, 1.54) is 12.1 Å². The fourth-order valence-corrected chi connectivity index (χ4v) is 1.89. The summed E-state index contributed by atoms with van der Waals surface area (Å²) in [6.45, 7) is 2.17. The number of halogens is 1. The van der Waals surface area contributed by atoms with Crippen LogP contribution in [0, 0.1) is 17.1 Å². The zero-order valence-electron chi connectivity index (χ0n) is 10.6. The highest BCUT2D eigenvalue weighted by Crippen LogP contribution is 2.16. The Kier molecular flexibility index (Phi) is 5.13. The minimum absolute atomic E-state index is 0.0157. The van der Waals surface area contributed by atoms with Crippen molar-refractivity contribution in [2.75, 3.05) is 26.4 Å². The summed E-state index contributed by atoms with van der Waals surface area (Å²) in [5, 5.41) is 8.60. The standard InChI is InChI=1S/C14H16FNO3/c15-14-8-12(4-3-11(14)9-16)19-7-6-17-10-13-2-1-5-18-13/h3-4,8,13H,1-2,5-7,10H2. The van der Waals surface area contributed by atoms with E-state index in [0.717, 1.165) is 19.4 Å². The maximum atomic E-state index is 13.3. The second-order valence-electron chi connectivity index (χ2n) is 4.31. The Morgan fingerprint density at radius 2 is 2.32 bits per heavy atom. The van der Waals surface area contributed by atoms with Gasteiger partial charge in [-0.25, -0.2) is 4.39 Å². The summed E-state index contributed by atoms with van der Waals surface area (Å²) in [5.41, 5.74) is 0.0157. The molecule has 1 fully saturated rings. The van der Waals surface area contributed by atoms with Crippen molar-refractivity contribution >= 4 is 0 Å². The average Bonchev–Trinajstić information content (AvgIpc) is 2.92. The van der Waals surface area contributed by atoms with E-state index < -0.39 is 5.82 Å². The van der Waals surface area contributed by atoms with Gasteiger partial charge in [0.25, 0.3) is 0 Å². The molecule has 0 saturated carbocycles. The molecule has 0 aliphatic carbocycles. The predicted molar refractivity (Wildman–Crippen MR) is 66.4 cm³/mol. The van der Waals surface area contributed by atoms with Crippen molar-refractivity contribution in [3.63, 3.8) is 0 Å². The lowest BCUT2D eigenvalue weighted by atomic mass is 10.2. The predicted octanol–water partition coefficient (Wildman–Crippen LogP) is 2.27. The molecule has 5 heteroatoms. The van der Waals surface area contributed by atoms with Crippen molar-refractivity contribution in [2.45, 2.75) is 18.9 Å². The Morgan fingerprint density at radius 1 is 1.42 bits per heavy atom. The first-order valence-corrected chi connectivity index (χ1v) is 6.31. The Hall–Kier alpha value is -1.64. The molecule has 1 heterocycles. The van der Waals surface area contributed by atoms with E-state index in [0.29, 0.717) is 25.6 Å². The van der Waals surface area contributed by atoms with Crippen LogP contribution in [0.3, 0.4) is 0 Å². The molecule has 0 radical (unpaired) electrons. The number of nitrogens with zero attached hydrogens (tertiary/aromatic N) is 1. The molecule has 1 aliphatic heterocycles. The highest BCUT2D eigenvalue weighted by atomic mass is 19.1. The summed E-state index contributed by atoms with van der Waals surface area (Å²) < 4.78 is 29.4. The molecule has 1 atom stereocenters. The van der Waals surface area contributed by atoms with Gasteiger partial charge in [-0.1, -0.05) is 0 Å². The van der Waals surface area contributed by atoms with Crippen LogP contribution < -0.4 is 4.74 Å². The minimum Gasteiger partial charge on any atom is -0.491 e. The molecule has 2 rings (SSSR count). The molecule has 1 aromatic rings. The first kappa shape index (κ1) is 13.8. The number of hydrogen-bond acceptors (Lipinski definition) is 4. The van der Waals surface area contributed by atoms with Crippen molar-refractivity contribution in [3.8, 4) is 11.8 Å². The van der Waals surface area contributed by atoms with Crippen molar-refractivity contribution in [3.05, 3.63) is 29.6 Å². The molecule has 1 aliphatic rings. The quantitative estimate of drug-likeness (QED) is 0.740. The fourth-order valence-electron chi connectivity index (χ4n) is 1.89. The van der Waals surface area contributed by atoms with Crippen LogP contribution in [-0.2, 0) is 9.47 Å². The van der Waals surface area contributed by atoms with Crippen LogP contribution in [0.15, 0.2) is 18.2 Å². The fraction of sp³-hybridized carbons (Fsp3) is 0.500. The van der Waals surface area contributed by atoms with Crippen LogP contribution in [0.1, 0.15) is 18.4 Å². The molecule has 1 saturated heterocycles. The Bertz CT molecular complexity index is 452. The number of rotatable bonds is 6. The number of hydrogen-bond donors (Lipinski definition) is 0. The van der Waals surface area contributed by atoms with Gasteiger partial charge in [0.1, 0.15) is 24.2 Å². The molecule has 19 heavy (non-hydrogen) atoms. The molecule has 102 valence electrons. The lowest BCUT2D eigenvalue weighted by Gasteiger charge is -2.11. The van der Waals surface area contributed by atoms with Gasteiger partial charge in [0.15, 0.2) is 0 Å². The second kappa shape index (κ2) is 7.07. The smallest absolute Gasteiger partial charge is 0.144 e. The van der Waals surface area contributed by atoms with Crippen molar-refractivity contribution in [1.29, 1.82) is 5.26 Å². The molecule has 4 nitrogen and oxygen atoms in total. The molecular formula is C14H16FNO3. The molecule has 0 amide bonds.